The number of rotatable bonds is 6. The SMILES string of the molecule is CN(CCc1ccccc1CN)CC1CCCC1. The van der Waals surface area contributed by atoms with Crippen molar-refractivity contribution in [3.8, 4) is 0 Å². The molecule has 2 rings (SSSR count). The molecule has 100 valence electrons. The van der Waals surface area contributed by atoms with Gasteiger partial charge in [-0.25, -0.2) is 0 Å². The Labute approximate surface area is 111 Å². The first kappa shape index (κ1) is 13.6. The average molecular weight is 246 g/mol. The lowest BCUT2D eigenvalue weighted by Crippen LogP contribution is -2.27. The minimum Gasteiger partial charge on any atom is -0.326 e. The van der Waals surface area contributed by atoms with Crippen molar-refractivity contribution in [3.63, 3.8) is 0 Å². The smallest absolute Gasteiger partial charge is 0.0180 e. The van der Waals surface area contributed by atoms with Gasteiger partial charge in [-0.1, -0.05) is 37.1 Å². The standard InChI is InChI=1S/C16H26N2/c1-18(13-14-6-2-3-7-14)11-10-15-8-4-5-9-16(15)12-17/h4-5,8-9,14H,2-3,6-7,10-13,17H2,1H3. The zero-order chi connectivity index (χ0) is 12.8. The van der Waals surface area contributed by atoms with Crippen molar-refractivity contribution in [2.45, 2.75) is 38.6 Å². The molecule has 1 aliphatic carbocycles. The Morgan fingerprint density at radius 1 is 1.17 bits per heavy atom. The Balaban J connectivity index is 1.79. The Morgan fingerprint density at radius 3 is 2.50 bits per heavy atom. The molecule has 0 spiro atoms. The summed E-state index contributed by atoms with van der Waals surface area (Å²) in [6.45, 7) is 3.07. The Kier molecular flexibility index (Phi) is 5.21. The van der Waals surface area contributed by atoms with Crippen LogP contribution in [0.2, 0.25) is 0 Å². The molecule has 0 bridgehead atoms. The third-order valence-corrected chi connectivity index (χ3v) is 4.15. The molecular formula is C16H26N2. The summed E-state index contributed by atoms with van der Waals surface area (Å²) in [4.78, 5) is 2.49. The van der Waals surface area contributed by atoms with Crippen LogP contribution in [-0.2, 0) is 13.0 Å². The number of nitrogens with two attached hydrogens (primary N) is 1. The van der Waals surface area contributed by atoms with E-state index in [2.05, 4.69) is 36.2 Å². The molecule has 1 aromatic carbocycles. The minimum atomic E-state index is 0.655. The molecule has 0 heterocycles. The van der Waals surface area contributed by atoms with Crippen molar-refractivity contribution >= 4 is 0 Å². The van der Waals surface area contributed by atoms with Gasteiger partial charge in [-0.15, -0.1) is 0 Å². The van der Waals surface area contributed by atoms with Crippen molar-refractivity contribution in [2.24, 2.45) is 11.7 Å². The summed E-state index contributed by atoms with van der Waals surface area (Å²) < 4.78 is 0. The lowest BCUT2D eigenvalue weighted by atomic mass is 10.0. The van der Waals surface area contributed by atoms with Crippen LogP contribution in [-0.4, -0.2) is 25.0 Å². The summed E-state index contributed by atoms with van der Waals surface area (Å²) >= 11 is 0. The fraction of sp³-hybridized carbons (Fsp3) is 0.625. The van der Waals surface area contributed by atoms with Gasteiger partial charge in [-0.2, -0.15) is 0 Å². The number of hydrogen-bond donors (Lipinski definition) is 1. The van der Waals surface area contributed by atoms with E-state index in [1.165, 1.54) is 43.4 Å². The maximum absolute atomic E-state index is 5.78. The highest BCUT2D eigenvalue weighted by Crippen LogP contribution is 2.25. The molecule has 0 atom stereocenters. The molecule has 1 fully saturated rings. The van der Waals surface area contributed by atoms with Crippen molar-refractivity contribution in [1.82, 2.24) is 4.90 Å². The monoisotopic (exact) mass is 246 g/mol. The van der Waals surface area contributed by atoms with Crippen LogP contribution in [0, 0.1) is 5.92 Å². The molecule has 1 saturated carbocycles. The van der Waals surface area contributed by atoms with Crippen LogP contribution in [0.5, 0.6) is 0 Å². The third kappa shape index (κ3) is 3.82. The number of hydrogen-bond acceptors (Lipinski definition) is 2. The second-order valence-electron chi connectivity index (χ2n) is 5.64. The van der Waals surface area contributed by atoms with E-state index in [0.717, 1.165) is 18.9 Å². The van der Waals surface area contributed by atoms with Gasteiger partial charge in [0.05, 0.1) is 0 Å². The predicted octanol–water partition coefficient (Wildman–Crippen LogP) is 2.81. The lowest BCUT2D eigenvalue weighted by Gasteiger charge is -2.21. The van der Waals surface area contributed by atoms with E-state index in [0.29, 0.717) is 6.54 Å². The van der Waals surface area contributed by atoms with Crippen molar-refractivity contribution in [2.75, 3.05) is 20.1 Å². The van der Waals surface area contributed by atoms with Gasteiger partial charge < -0.3 is 10.6 Å². The van der Waals surface area contributed by atoms with Crippen LogP contribution in [0.25, 0.3) is 0 Å². The van der Waals surface area contributed by atoms with Gasteiger partial charge in [-0.3, -0.25) is 0 Å². The van der Waals surface area contributed by atoms with Gasteiger partial charge in [0.1, 0.15) is 0 Å². The Hall–Kier alpha value is -0.860. The van der Waals surface area contributed by atoms with Gasteiger partial charge in [0.15, 0.2) is 0 Å². The van der Waals surface area contributed by atoms with E-state index >= 15 is 0 Å². The molecule has 18 heavy (non-hydrogen) atoms. The fourth-order valence-electron chi connectivity index (χ4n) is 3.04. The zero-order valence-electron chi connectivity index (χ0n) is 11.6. The molecule has 0 amide bonds. The Morgan fingerprint density at radius 2 is 1.83 bits per heavy atom. The second kappa shape index (κ2) is 6.91. The fourth-order valence-corrected chi connectivity index (χ4v) is 3.04. The topological polar surface area (TPSA) is 29.3 Å². The van der Waals surface area contributed by atoms with Crippen LogP contribution in [0.3, 0.4) is 0 Å². The van der Waals surface area contributed by atoms with Crippen LogP contribution in [0.4, 0.5) is 0 Å². The molecule has 1 aliphatic rings. The van der Waals surface area contributed by atoms with Gasteiger partial charge >= 0.3 is 0 Å². The number of likely N-dealkylation sites (N-methyl/N-ethyl adjacent to an activating group) is 1. The van der Waals surface area contributed by atoms with E-state index in [-0.39, 0.29) is 0 Å². The molecule has 2 heteroatoms. The van der Waals surface area contributed by atoms with Gasteiger partial charge in [0.2, 0.25) is 0 Å². The lowest BCUT2D eigenvalue weighted by molar-refractivity contribution is 0.281. The van der Waals surface area contributed by atoms with Crippen LogP contribution >= 0.6 is 0 Å². The quantitative estimate of drug-likeness (QED) is 0.836. The molecule has 2 nitrogen and oxygen atoms in total. The summed E-state index contributed by atoms with van der Waals surface area (Å²) in [6, 6.07) is 8.55. The first-order valence-corrected chi connectivity index (χ1v) is 7.25. The second-order valence-corrected chi connectivity index (χ2v) is 5.64. The van der Waals surface area contributed by atoms with Crippen LogP contribution < -0.4 is 5.73 Å². The largest absolute Gasteiger partial charge is 0.326 e. The summed E-state index contributed by atoms with van der Waals surface area (Å²) in [7, 11) is 2.25. The highest BCUT2D eigenvalue weighted by molar-refractivity contribution is 5.27. The first-order valence-electron chi connectivity index (χ1n) is 7.25. The summed E-state index contributed by atoms with van der Waals surface area (Å²) in [5.74, 6) is 0.944. The molecule has 0 aromatic heterocycles. The van der Waals surface area contributed by atoms with Gasteiger partial charge in [0, 0.05) is 19.6 Å². The minimum absolute atomic E-state index is 0.655. The summed E-state index contributed by atoms with van der Waals surface area (Å²) in [5.41, 5.74) is 8.49. The molecule has 0 aliphatic heterocycles. The first-order chi connectivity index (χ1) is 8.79. The molecule has 1 aromatic rings. The molecule has 0 saturated heterocycles. The maximum Gasteiger partial charge on any atom is 0.0180 e. The summed E-state index contributed by atoms with van der Waals surface area (Å²) in [5, 5.41) is 0. The van der Waals surface area contributed by atoms with E-state index in [9.17, 15) is 0 Å². The summed E-state index contributed by atoms with van der Waals surface area (Å²) in [6.07, 6.45) is 6.87. The van der Waals surface area contributed by atoms with Crippen LogP contribution in [0.1, 0.15) is 36.8 Å². The van der Waals surface area contributed by atoms with Gasteiger partial charge in [-0.05, 0) is 43.4 Å². The van der Waals surface area contributed by atoms with Crippen molar-refractivity contribution in [1.29, 1.82) is 0 Å². The molecule has 0 unspecified atom stereocenters. The zero-order valence-corrected chi connectivity index (χ0v) is 11.6. The van der Waals surface area contributed by atoms with E-state index in [4.69, 9.17) is 5.73 Å². The van der Waals surface area contributed by atoms with Crippen LogP contribution in [0.15, 0.2) is 24.3 Å². The van der Waals surface area contributed by atoms with Crippen molar-refractivity contribution < 1.29 is 0 Å². The molecule has 0 radical (unpaired) electrons. The molecule has 2 N–H and O–H groups in total. The average Bonchev–Trinajstić information content (AvgIpc) is 2.89. The van der Waals surface area contributed by atoms with E-state index in [1.807, 2.05) is 0 Å². The van der Waals surface area contributed by atoms with Gasteiger partial charge in [0.25, 0.3) is 0 Å². The number of benzene rings is 1. The van der Waals surface area contributed by atoms with Crippen molar-refractivity contribution in [3.05, 3.63) is 35.4 Å². The normalized spacial score (nSPS) is 16.6. The highest BCUT2D eigenvalue weighted by atomic mass is 15.1. The third-order valence-electron chi connectivity index (χ3n) is 4.15. The van der Waals surface area contributed by atoms with E-state index in [1.54, 1.807) is 0 Å². The van der Waals surface area contributed by atoms with E-state index < -0.39 is 0 Å². The number of nitrogens with zero attached hydrogens (tertiary/aromatic N) is 1. The highest BCUT2D eigenvalue weighted by Gasteiger charge is 2.16. The predicted molar refractivity (Wildman–Crippen MR) is 77.5 cm³/mol. The molecular weight excluding hydrogens is 220 g/mol. The Bertz CT molecular complexity index is 356. The maximum atomic E-state index is 5.78.